The molecule has 0 aliphatic carbocycles. The molecule has 0 aliphatic heterocycles. The van der Waals surface area contributed by atoms with E-state index in [4.69, 9.17) is 0 Å². The van der Waals surface area contributed by atoms with Crippen LogP contribution in [-0.4, -0.2) is 29.1 Å². The molecule has 1 unspecified atom stereocenters. The Hall–Kier alpha value is -1.11. The van der Waals surface area contributed by atoms with E-state index in [0.29, 0.717) is 6.54 Å². The molecule has 3 nitrogen and oxygen atoms in total. The molecule has 0 saturated carbocycles. The molecule has 1 aromatic heterocycles. The number of anilines is 2. The SMILES string of the molecule is CCCNc1cc(C(F)(F)F)cc(NC(C)CSCC)n1. The Balaban J connectivity index is 2.90. The maximum Gasteiger partial charge on any atom is 0.416 e. The topological polar surface area (TPSA) is 37.0 Å². The molecule has 0 radical (unpaired) electrons. The number of hydrogen-bond donors (Lipinski definition) is 2. The van der Waals surface area contributed by atoms with Crippen LogP contribution < -0.4 is 10.6 Å². The summed E-state index contributed by atoms with van der Waals surface area (Å²) in [6.45, 7) is 6.52. The van der Waals surface area contributed by atoms with Crippen LogP contribution in [0.1, 0.15) is 32.8 Å². The highest BCUT2D eigenvalue weighted by Gasteiger charge is 2.31. The number of halogens is 3. The van der Waals surface area contributed by atoms with Crippen LogP contribution in [-0.2, 0) is 6.18 Å². The predicted molar refractivity (Wildman–Crippen MR) is 84.1 cm³/mol. The van der Waals surface area contributed by atoms with Crippen molar-refractivity contribution in [2.24, 2.45) is 0 Å². The Morgan fingerprint density at radius 1 is 1.24 bits per heavy atom. The zero-order valence-electron chi connectivity index (χ0n) is 12.5. The van der Waals surface area contributed by atoms with Crippen molar-refractivity contribution in [3.8, 4) is 0 Å². The van der Waals surface area contributed by atoms with Gasteiger partial charge in [-0.3, -0.25) is 0 Å². The molecule has 0 fully saturated rings. The molecule has 1 rings (SSSR count). The van der Waals surface area contributed by atoms with Crippen molar-refractivity contribution < 1.29 is 13.2 Å². The number of thioether (sulfide) groups is 1. The average Bonchev–Trinajstić information content (AvgIpc) is 2.41. The van der Waals surface area contributed by atoms with E-state index in [0.717, 1.165) is 30.1 Å². The number of nitrogens with zero attached hydrogens (tertiary/aromatic N) is 1. The van der Waals surface area contributed by atoms with Crippen LogP contribution in [0.3, 0.4) is 0 Å². The minimum atomic E-state index is -4.37. The fraction of sp³-hybridized carbons (Fsp3) is 0.643. The second-order valence-corrected chi connectivity index (χ2v) is 6.07. The van der Waals surface area contributed by atoms with Crippen LogP contribution >= 0.6 is 11.8 Å². The van der Waals surface area contributed by atoms with E-state index in [-0.39, 0.29) is 17.7 Å². The molecular weight excluding hydrogens is 299 g/mol. The van der Waals surface area contributed by atoms with E-state index in [1.807, 2.05) is 20.8 Å². The number of aromatic nitrogens is 1. The summed E-state index contributed by atoms with van der Waals surface area (Å²) in [6.07, 6.45) is -3.55. The maximum absolute atomic E-state index is 12.9. The number of pyridine rings is 1. The van der Waals surface area contributed by atoms with Gasteiger partial charge < -0.3 is 10.6 Å². The summed E-state index contributed by atoms with van der Waals surface area (Å²) in [7, 11) is 0. The zero-order valence-corrected chi connectivity index (χ0v) is 13.4. The van der Waals surface area contributed by atoms with Crippen molar-refractivity contribution in [1.29, 1.82) is 0 Å². The number of alkyl halides is 3. The summed E-state index contributed by atoms with van der Waals surface area (Å²) < 4.78 is 38.8. The van der Waals surface area contributed by atoms with Crippen LogP contribution in [0.5, 0.6) is 0 Å². The third-order valence-electron chi connectivity index (χ3n) is 2.68. The molecule has 0 aromatic carbocycles. The fourth-order valence-corrected chi connectivity index (χ4v) is 2.37. The van der Waals surface area contributed by atoms with Gasteiger partial charge in [-0.15, -0.1) is 0 Å². The quantitative estimate of drug-likeness (QED) is 0.740. The second-order valence-electron chi connectivity index (χ2n) is 4.76. The fourth-order valence-electron chi connectivity index (χ4n) is 1.70. The van der Waals surface area contributed by atoms with Gasteiger partial charge in [-0.1, -0.05) is 13.8 Å². The van der Waals surface area contributed by atoms with Gasteiger partial charge in [-0.25, -0.2) is 4.98 Å². The molecule has 0 bridgehead atoms. The highest BCUT2D eigenvalue weighted by molar-refractivity contribution is 7.99. The van der Waals surface area contributed by atoms with E-state index in [1.165, 1.54) is 0 Å². The lowest BCUT2D eigenvalue weighted by Gasteiger charge is -2.17. The molecule has 0 spiro atoms. The summed E-state index contributed by atoms with van der Waals surface area (Å²) in [5.41, 5.74) is -0.686. The Kier molecular flexibility index (Phi) is 7.14. The number of hydrogen-bond acceptors (Lipinski definition) is 4. The number of nitrogens with one attached hydrogen (secondary N) is 2. The normalized spacial score (nSPS) is 13.0. The van der Waals surface area contributed by atoms with E-state index in [2.05, 4.69) is 15.6 Å². The van der Waals surface area contributed by atoms with Gasteiger partial charge >= 0.3 is 6.18 Å². The van der Waals surface area contributed by atoms with Gasteiger partial charge in [0.1, 0.15) is 11.6 Å². The van der Waals surface area contributed by atoms with Gasteiger partial charge in [0, 0.05) is 18.3 Å². The summed E-state index contributed by atoms with van der Waals surface area (Å²) in [6, 6.07) is 2.17. The van der Waals surface area contributed by atoms with Crippen molar-refractivity contribution in [3.63, 3.8) is 0 Å². The summed E-state index contributed by atoms with van der Waals surface area (Å²) in [5, 5.41) is 5.94. The minimum Gasteiger partial charge on any atom is -0.370 e. The predicted octanol–water partition coefficient (Wildman–Crippen LogP) is 4.48. The van der Waals surface area contributed by atoms with Crippen molar-refractivity contribution >= 4 is 23.4 Å². The van der Waals surface area contributed by atoms with Crippen LogP contribution in [0.15, 0.2) is 12.1 Å². The Morgan fingerprint density at radius 3 is 2.48 bits per heavy atom. The van der Waals surface area contributed by atoms with E-state index >= 15 is 0 Å². The lowest BCUT2D eigenvalue weighted by atomic mass is 10.2. The summed E-state index contributed by atoms with van der Waals surface area (Å²) in [5.74, 6) is 2.31. The Morgan fingerprint density at radius 2 is 1.90 bits per heavy atom. The molecule has 0 amide bonds. The smallest absolute Gasteiger partial charge is 0.370 e. The van der Waals surface area contributed by atoms with Gasteiger partial charge in [0.05, 0.1) is 5.56 Å². The first-order chi connectivity index (χ1) is 9.86. The summed E-state index contributed by atoms with van der Waals surface area (Å²) in [4.78, 5) is 4.20. The van der Waals surface area contributed by atoms with Crippen LogP contribution in [0.25, 0.3) is 0 Å². The van der Waals surface area contributed by atoms with Crippen molar-refractivity contribution in [1.82, 2.24) is 4.98 Å². The van der Waals surface area contributed by atoms with E-state index in [1.54, 1.807) is 11.8 Å². The molecule has 1 atom stereocenters. The molecule has 1 heterocycles. The molecule has 0 aliphatic rings. The third kappa shape index (κ3) is 6.46. The van der Waals surface area contributed by atoms with Crippen molar-refractivity contribution in [3.05, 3.63) is 17.7 Å². The Labute approximate surface area is 128 Å². The molecule has 21 heavy (non-hydrogen) atoms. The van der Waals surface area contributed by atoms with E-state index in [9.17, 15) is 13.2 Å². The molecular formula is C14H22F3N3S. The lowest BCUT2D eigenvalue weighted by Crippen LogP contribution is -2.20. The lowest BCUT2D eigenvalue weighted by molar-refractivity contribution is -0.137. The first-order valence-corrected chi connectivity index (χ1v) is 8.19. The minimum absolute atomic E-state index is 0.0601. The van der Waals surface area contributed by atoms with Gasteiger partial charge in [0.25, 0.3) is 0 Å². The van der Waals surface area contributed by atoms with Crippen LogP contribution in [0.2, 0.25) is 0 Å². The van der Waals surface area contributed by atoms with Crippen LogP contribution in [0, 0.1) is 0 Å². The standard InChI is InChI=1S/C14H22F3N3S/c1-4-6-18-12-7-11(14(15,16)17)8-13(20-12)19-10(3)9-21-5-2/h7-8,10H,4-6,9H2,1-3H3,(H2,18,19,20). The second kappa shape index (κ2) is 8.36. The first-order valence-electron chi connectivity index (χ1n) is 7.04. The van der Waals surface area contributed by atoms with Gasteiger partial charge in [-0.05, 0) is 31.2 Å². The Bertz CT molecular complexity index is 438. The zero-order chi connectivity index (χ0) is 15.9. The monoisotopic (exact) mass is 321 g/mol. The molecule has 2 N–H and O–H groups in total. The molecule has 7 heteroatoms. The van der Waals surface area contributed by atoms with E-state index < -0.39 is 11.7 Å². The molecule has 1 aromatic rings. The first kappa shape index (κ1) is 17.9. The van der Waals surface area contributed by atoms with Crippen LogP contribution in [0.4, 0.5) is 24.8 Å². The third-order valence-corrected chi connectivity index (χ3v) is 3.82. The average molecular weight is 321 g/mol. The molecule has 120 valence electrons. The number of rotatable bonds is 8. The van der Waals surface area contributed by atoms with Crippen molar-refractivity contribution in [2.45, 2.75) is 39.4 Å². The van der Waals surface area contributed by atoms with Gasteiger partial charge in [0.15, 0.2) is 0 Å². The maximum atomic E-state index is 12.9. The van der Waals surface area contributed by atoms with Crippen molar-refractivity contribution in [2.75, 3.05) is 28.7 Å². The summed E-state index contributed by atoms with van der Waals surface area (Å²) >= 11 is 1.74. The van der Waals surface area contributed by atoms with Gasteiger partial charge in [0.2, 0.25) is 0 Å². The highest BCUT2D eigenvalue weighted by Crippen LogP contribution is 2.32. The molecule has 0 saturated heterocycles. The largest absolute Gasteiger partial charge is 0.416 e. The van der Waals surface area contributed by atoms with Gasteiger partial charge in [-0.2, -0.15) is 24.9 Å². The highest BCUT2D eigenvalue weighted by atomic mass is 32.2.